The summed E-state index contributed by atoms with van der Waals surface area (Å²) in [6.45, 7) is 4.22. The van der Waals surface area contributed by atoms with E-state index in [-0.39, 0.29) is 18.7 Å². The SMILES string of the molecule is Cc1[nH]c2ccccc2c1CC(=O)NC(C)c1ccc2c(c1)OCO2. The predicted octanol–water partition coefficient (Wildman–Crippen LogP) is 3.62. The minimum atomic E-state index is -0.104. The van der Waals surface area contributed by atoms with Gasteiger partial charge in [0.2, 0.25) is 12.7 Å². The largest absolute Gasteiger partial charge is 0.454 e. The van der Waals surface area contributed by atoms with Gasteiger partial charge in [0, 0.05) is 16.6 Å². The number of fused-ring (bicyclic) bond motifs is 2. The molecule has 4 rings (SSSR count). The van der Waals surface area contributed by atoms with Crippen molar-refractivity contribution < 1.29 is 14.3 Å². The van der Waals surface area contributed by atoms with Gasteiger partial charge in [-0.2, -0.15) is 0 Å². The lowest BCUT2D eigenvalue weighted by molar-refractivity contribution is -0.121. The fourth-order valence-corrected chi connectivity index (χ4v) is 3.28. The smallest absolute Gasteiger partial charge is 0.231 e. The van der Waals surface area contributed by atoms with Crippen molar-refractivity contribution in [1.29, 1.82) is 0 Å². The van der Waals surface area contributed by atoms with Gasteiger partial charge in [0.05, 0.1) is 12.5 Å². The molecule has 0 fully saturated rings. The van der Waals surface area contributed by atoms with Crippen molar-refractivity contribution in [3.05, 3.63) is 59.3 Å². The highest BCUT2D eigenvalue weighted by Crippen LogP contribution is 2.34. The molecule has 5 heteroatoms. The topological polar surface area (TPSA) is 63.4 Å². The number of ether oxygens (including phenoxy) is 2. The number of benzene rings is 2. The number of amides is 1. The number of carbonyl (C=O) groups is 1. The molecule has 5 nitrogen and oxygen atoms in total. The second kappa shape index (κ2) is 6.16. The van der Waals surface area contributed by atoms with Crippen molar-refractivity contribution in [3.8, 4) is 11.5 Å². The average molecular weight is 336 g/mol. The average Bonchev–Trinajstić information content (AvgIpc) is 3.19. The number of carbonyl (C=O) groups excluding carboxylic acids is 1. The highest BCUT2D eigenvalue weighted by Gasteiger charge is 2.18. The quantitative estimate of drug-likeness (QED) is 0.765. The Hall–Kier alpha value is -2.95. The number of H-pyrrole nitrogens is 1. The standard InChI is InChI=1S/C20H20N2O3/c1-12(14-7-8-18-19(9-14)25-11-24-18)22-20(23)10-16-13(2)21-17-6-4-3-5-15(16)17/h3-9,12,21H,10-11H2,1-2H3,(H,22,23). The first kappa shape index (κ1) is 15.6. The van der Waals surface area contributed by atoms with Crippen LogP contribution in [0, 0.1) is 6.92 Å². The van der Waals surface area contributed by atoms with E-state index in [1.54, 1.807) is 0 Å². The minimum Gasteiger partial charge on any atom is -0.454 e. The van der Waals surface area contributed by atoms with Gasteiger partial charge < -0.3 is 19.8 Å². The molecule has 1 aliphatic heterocycles. The number of nitrogens with one attached hydrogen (secondary N) is 2. The molecule has 1 unspecified atom stereocenters. The van der Waals surface area contributed by atoms with Crippen molar-refractivity contribution in [1.82, 2.24) is 10.3 Å². The normalized spacial score (nSPS) is 13.8. The van der Waals surface area contributed by atoms with Crippen molar-refractivity contribution in [2.24, 2.45) is 0 Å². The van der Waals surface area contributed by atoms with Gasteiger partial charge in [-0.3, -0.25) is 4.79 Å². The zero-order chi connectivity index (χ0) is 17.4. The van der Waals surface area contributed by atoms with E-state index in [0.29, 0.717) is 6.42 Å². The summed E-state index contributed by atoms with van der Waals surface area (Å²) in [4.78, 5) is 15.9. The van der Waals surface area contributed by atoms with Crippen LogP contribution >= 0.6 is 0 Å². The molecule has 2 aromatic carbocycles. The van der Waals surface area contributed by atoms with Crippen molar-refractivity contribution in [2.45, 2.75) is 26.3 Å². The Morgan fingerprint density at radius 3 is 2.88 bits per heavy atom. The monoisotopic (exact) mass is 336 g/mol. The Labute approximate surface area is 146 Å². The van der Waals surface area contributed by atoms with E-state index in [0.717, 1.165) is 39.2 Å². The van der Waals surface area contributed by atoms with Crippen LogP contribution in [0.2, 0.25) is 0 Å². The van der Waals surface area contributed by atoms with Crippen molar-refractivity contribution in [3.63, 3.8) is 0 Å². The lowest BCUT2D eigenvalue weighted by Crippen LogP contribution is -2.28. The molecule has 1 aromatic heterocycles. The van der Waals surface area contributed by atoms with E-state index in [1.807, 2.05) is 56.3 Å². The molecular formula is C20H20N2O3. The molecule has 2 N–H and O–H groups in total. The van der Waals surface area contributed by atoms with Crippen LogP contribution in [-0.4, -0.2) is 17.7 Å². The third-order valence-electron chi connectivity index (χ3n) is 4.64. The Morgan fingerprint density at radius 2 is 2.00 bits per heavy atom. The summed E-state index contributed by atoms with van der Waals surface area (Å²) in [5, 5.41) is 4.17. The van der Waals surface area contributed by atoms with E-state index >= 15 is 0 Å². The van der Waals surface area contributed by atoms with Gasteiger partial charge in [-0.05, 0) is 43.2 Å². The zero-order valence-corrected chi connectivity index (χ0v) is 14.3. The third kappa shape index (κ3) is 2.93. The van der Waals surface area contributed by atoms with Crippen LogP contribution in [0.4, 0.5) is 0 Å². The fraction of sp³-hybridized carbons (Fsp3) is 0.250. The second-order valence-corrected chi connectivity index (χ2v) is 6.35. The molecule has 1 aliphatic rings. The van der Waals surface area contributed by atoms with Crippen LogP contribution in [0.3, 0.4) is 0 Å². The summed E-state index contributed by atoms with van der Waals surface area (Å²) in [6, 6.07) is 13.7. The molecule has 0 radical (unpaired) electrons. The lowest BCUT2D eigenvalue weighted by atomic mass is 10.1. The molecule has 128 valence electrons. The van der Waals surface area contributed by atoms with Crippen LogP contribution in [-0.2, 0) is 11.2 Å². The molecule has 0 aliphatic carbocycles. The molecular weight excluding hydrogens is 316 g/mol. The first-order chi connectivity index (χ1) is 12.1. The first-order valence-electron chi connectivity index (χ1n) is 8.37. The number of aromatic nitrogens is 1. The summed E-state index contributed by atoms with van der Waals surface area (Å²) < 4.78 is 10.7. The Morgan fingerprint density at radius 1 is 1.20 bits per heavy atom. The maximum atomic E-state index is 12.5. The van der Waals surface area contributed by atoms with Crippen LogP contribution in [0.15, 0.2) is 42.5 Å². The summed E-state index contributed by atoms with van der Waals surface area (Å²) in [5.41, 5.74) is 4.14. The number of hydrogen-bond donors (Lipinski definition) is 2. The van der Waals surface area contributed by atoms with E-state index in [4.69, 9.17) is 9.47 Å². The van der Waals surface area contributed by atoms with E-state index in [2.05, 4.69) is 10.3 Å². The second-order valence-electron chi connectivity index (χ2n) is 6.35. The predicted molar refractivity (Wildman–Crippen MR) is 95.9 cm³/mol. The lowest BCUT2D eigenvalue weighted by Gasteiger charge is -2.15. The molecule has 0 saturated heterocycles. The Bertz CT molecular complexity index is 945. The summed E-state index contributed by atoms with van der Waals surface area (Å²) in [5.74, 6) is 1.47. The first-order valence-corrected chi connectivity index (χ1v) is 8.37. The number of hydrogen-bond acceptors (Lipinski definition) is 3. The molecule has 25 heavy (non-hydrogen) atoms. The molecule has 3 aromatic rings. The molecule has 1 atom stereocenters. The van der Waals surface area contributed by atoms with Gasteiger partial charge in [0.15, 0.2) is 11.5 Å². The Kier molecular flexibility index (Phi) is 3.84. The maximum Gasteiger partial charge on any atom is 0.231 e. The minimum absolute atomic E-state index is 0.00183. The van der Waals surface area contributed by atoms with Crippen molar-refractivity contribution in [2.75, 3.05) is 6.79 Å². The molecule has 2 heterocycles. The maximum absolute atomic E-state index is 12.5. The summed E-state index contributed by atoms with van der Waals surface area (Å²) in [6.07, 6.45) is 0.352. The summed E-state index contributed by atoms with van der Waals surface area (Å²) in [7, 11) is 0. The number of rotatable bonds is 4. The molecule has 0 spiro atoms. The number of aryl methyl sites for hydroxylation is 1. The number of aromatic amines is 1. The molecule has 0 saturated carbocycles. The van der Waals surface area contributed by atoms with E-state index in [9.17, 15) is 4.79 Å². The highest BCUT2D eigenvalue weighted by molar-refractivity contribution is 5.90. The number of para-hydroxylation sites is 1. The van der Waals surface area contributed by atoms with Crippen LogP contribution < -0.4 is 14.8 Å². The van der Waals surface area contributed by atoms with Gasteiger partial charge in [-0.1, -0.05) is 24.3 Å². The van der Waals surface area contributed by atoms with Gasteiger partial charge in [-0.25, -0.2) is 0 Å². The van der Waals surface area contributed by atoms with Crippen LogP contribution in [0.5, 0.6) is 11.5 Å². The molecule has 0 bridgehead atoms. The van der Waals surface area contributed by atoms with Gasteiger partial charge >= 0.3 is 0 Å². The fourth-order valence-electron chi connectivity index (χ4n) is 3.28. The Balaban J connectivity index is 1.49. The zero-order valence-electron chi connectivity index (χ0n) is 14.3. The van der Waals surface area contributed by atoms with Crippen LogP contribution in [0.25, 0.3) is 10.9 Å². The van der Waals surface area contributed by atoms with Gasteiger partial charge in [0.1, 0.15) is 0 Å². The van der Waals surface area contributed by atoms with Crippen LogP contribution in [0.1, 0.15) is 29.8 Å². The summed E-state index contributed by atoms with van der Waals surface area (Å²) >= 11 is 0. The van der Waals surface area contributed by atoms with E-state index < -0.39 is 0 Å². The third-order valence-corrected chi connectivity index (χ3v) is 4.64. The van der Waals surface area contributed by atoms with Gasteiger partial charge in [0.25, 0.3) is 0 Å². The van der Waals surface area contributed by atoms with Crippen molar-refractivity contribution >= 4 is 16.8 Å². The molecule has 1 amide bonds. The highest BCUT2D eigenvalue weighted by atomic mass is 16.7. The van der Waals surface area contributed by atoms with Gasteiger partial charge in [-0.15, -0.1) is 0 Å². The van der Waals surface area contributed by atoms with E-state index in [1.165, 1.54) is 0 Å².